The summed E-state index contributed by atoms with van der Waals surface area (Å²) in [5, 5.41) is 2.84. The van der Waals surface area contributed by atoms with Gasteiger partial charge in [-0.05, 0) is 18.2 Å². The van der Waals surface area contributed by atoms with Gasteiger partial charge in [-0.3, -0.25) is 24.8 Å². The normalized spacial score (nSPS) is 18.1. The summed E-state index contributed by atoms with van der Waals surface area (Å²) in [6.45, 7) is 0. The molecular formula is C13H11ClF3N3O3. The maximum Gasteiger partial charge on any atom is 0.418 e. The largest absolute Gasteiger partial charge is 0.418 e. The lowest BCUT2D eigenvalue weighted by Gasteiger charge is -2.14. The number of amides is 3. The van der Waals surface area contributed by atoms with Crippen LogP contribution in [0.5, 0.6) is 0 Å². The molecule has 1 aromatic carbocycles. The summed E-state index contributed by atoms with van der Waals surface area (Å²) in [6.07, 6.45) is -5.27. The first kappa shape index (κ1) is 17.1. The van der Waals surface area contributed by atoms with Crippen LogP contribution in [0.2, 0.25) is 5.02 Å². The lowest BCUT2D eigenvalue weighted by Crippen LogP contribution is -2.31. The highest BCUT2D eigenvalue weighted by Gasteiger charge is 2.39. The molecular weight excluding hydrogens is 339 g/mol. The highest BCUT2D eigenvalue weighted by molar-refractivity contribution is 6.30. The number of nitrogens with one attached hydrogen (secondary N) is 2. The molecule has 0 aromatic heterocycles. The molecule has 3 amide bonds. The highest BCUT2D eigenvalue weighted by Crippen LogP contribution is 2.36. The molecule has 1 atom stereocenters. The molecule has 6 nitrogen and oxygen atoms in total. The van der Waals surface area contributed by atoms with Gasteiger partial charge in [0.25, 0.3) is 11.8 Å². The van der Waals surface area contributed by atoms with Crippen molar-refractivity contribution in [3.05, 3.63) is 28.8 Å². The van der Waals surface area contributed by atoms with E-state index >= 15 is 0 Å². The Balaban J connectivity index is 2.15. The van der Waals surface area contributed by atoms with Crippen LogP contribution in [-0.4, -0.2) is 29.8 Å². The Morgan fingerprint density at radius 1 is 1.39 bits per heavy atom. The number of alkyl halides is 3. The van der Waals surface area contributed by atoms with E-state index in [4.69, 9.17) is 11.6 Å². The van der Waals surface area contributed by atoms with E-state index in [0.29, 0.717) is 6.07 Å². The third-order valence-electron chi connectivity index (χ3n) is 3.17. The zero-order valence-corrected chi connectivity index (χ0v) is 12.5. The maximum atomic E-state index is 12.9. The third-order valence-corrected chi connectivity index (χ3v) is 3.41. The molecule has 0 spiro atoms. The van der Waals surface area contributed by atoms with E-state index in [0.717, 1.165) is 11.1 Å². The van der Waals surface area contributed by atoms with Gasteiger partial charge in [0.05, 0.1) is 11.3 Å². The van der Waals surface area contributed by atoms with E-state index in [1.54, 1.807) is 0 Å². The van der Waals surface area contributed by atoms with Crippen LogP contribution in [-0.2, 0) is 20.6 Å². The fraction of sp³-hybridized carbons (Fsp3) is 0.308. The molecule has 0 aliphatic carbocycles. The number of halogens is 4. The molecule has 1 saturated heterocycles. The smallest absolute Gasteiger partial charge is 0.325 e. The predicted molar refractivity (Wildman–Crippen MR) is 74.1 cm³/mol. The van der Waals surface area contributed by atoms with Crippen molar-refractivity contribution < 1.29 is 27.6 Å². The third kappa shape index (κ3) is 3.73. The van der Waals surface area contributed by atoms with Crippen LogP contribution in [0.3, 0.4) is 0 Å². The lowest BCUT2D eigenvalue weighted by atomic mass is 10.0. The quantitative estimate of drug-likeness (QED) is 0.817. The number of anilines is 1. The fourth-order valence-corrected chi connectivity index (χ4v) is 2.24. The fourth-order valence-electron chi connectivity index (χ4n) is 2.07. The first-order chi connectivity index (χ1) is 10.6. The molecule has 1 heterocycles. The second-order valence-electron chi connectivity index (χ2n) is 4.87. The second kappa shape index (κ2) is 6.07. The van der Waals surface area contributed by atoms with Crippen LogP contribution >= 0.6 is 11.6 Å². The first-order valence-electron chi connectivity index (χ1n) is 6.34. The monoisotopic (exact) mass is 349 g/mol. The predicted octanol–water partition coefficient (Wildman–Crippen LogP) is 1.81. The molecule has 1 aromatic rings. The maximum absolute atomic E-state index is 12.9. The molecule has 1 unspecified atom stereocenters. The molecule has 0 radical (unpaired) electrons. The standard InChI is InChI=1S/C13H11ClF3N3O3/c1-20-12(23)7(11(22)19-20)5-10(21)18-9-3-2-6(14)4-8(9)13(15,16)17/h2-4,7H,5H2,1H3,(H,18,21)(H,19,22). The van der Waals surface area contributed by atoms with Crippen LogP contribution in [0.25, 0.3) is 0 Å². The van der Waals surface area contributed by atoms with E-state index in [9.17, 15) is 27.6 Å². The van der Waals surface area contributed by atoms with Gasteiger partial charge >= 0.3 is 6.18 Å². The number of carbonyl (C=O) groups excluding carboxylic acids is 3. The van der Waals surface area contributed by atoms with Gasteiger partial charge in [0.1, 0.15) is 5.92 Å². The Hall–Kier alpha value is -2.29. The van der Waals surface area contributed by atoms with E-state index < -0.39 is 47.5 Å². The first-order valence-corrected chi connectivity index (χ1v) is 6.72. The lowest BCUT2D eigenvalue weighted by molar-refractivity contribution is -0.137. The Morgan fingerprint density at radius 2 is 2.04 bits per heavy atom. The average molecular weight is 350 g/mol. The number of carbonyl (C=O) groups is 3. The number of hydrazine groups is 1. The van der Waals surface area contributed by atoms with Gasteiger partial charge in [0.2, 0.25) is 5.91 Å². The van der Waals surface area contributed by atoms with E-state index in [1.165, 1.54) is 13.1 Å². The minimum absolute atomic E-state index is 0.137. The van der Waals surface area contributed by atoms with E-state index in [-0.39, 0.29) is 5.02 Å². The van der Waals surface area contributed by atoms with Crippen molar-refractivity contribution in [3.8, 4) is 0 Å². The van der Waals surface area contributed by atoms with Crippen molar-refractivity contribution in [1.29, 1.82) is 0 Å². The number of benzene rings is 1. The molecule has 2 rings (SSSR count). The van der Waals surface area contributed by atoms with Crippen molar-refractivity contribution in [3.63, 3.8) is 0 Å². The van der Waals surface area contributed by atoms with Crippen LogP contribution in [0.15, 0.2) is 18.2 Å². The highest BCUT2D eigenvalue weighted by atomic mass is 35.5. The summed E-state index contributed by atoms with van der Waals surface area (Å²) < 4.78 is 38.8. The molecule has 0 saturated carbocycles. The molecule has 1 aliphatic heterocycles. The number of hydrogen-bond acceptors (Lipinski definition) is 3. The summed E-state index contributed by atoms with van der Waals surface area (Å²) in [7, 11) is 1.30. The second-order valence-corrected chi connectivity index (χ2v) is 5.30. The minimum atomic E-state index is -4.71. The molecule has 0 bridgehead atoms. The van der Waals surface area contributed by atoms with Gasteiger partial charge in [-0.1, -0.05) is 11.6 Å². The average Bonchev–Trinajstić information content (AvgIpc) is 2.66. The van der Waals surface area contributed by atoms with Crippen molar-refractivity contribution in [2.45, 2.75) is 12.6 Å². The van der Waals surface area contributed by atoms with Gasteiger partial charge < -0.3 is 5.32 Å². The van der Waals surface area contributed by atoms with Crippen molar-refractivity contribution in [2.24, 2.45) is 5.92 Å². The molecule has 124 valence electrons. The Morgan fingerprint density at radius 3 is 2.57 bits per heavy atom. The zero-order chi connectivity index (χ0) is 17.4. The number of rotatable bonds is 3. The zero-order valence-electron chi connectivity index (χ0n) is 11.7. The number of nitrogens with zero attached hydrogens (tertiary/aromatic N) is 1. The Kier molecular flexibility index (Phi) is 4.51. The van der Waals surface area contributed by atoms with Crippen molar-refractivity contribution in [1.82, 2.24) is 10.4 Å². The Bertz CT molecular complexity index is 678. The van der Waals surface area contributed by atoms with Crippen molar-refractivity contribution in [2.75, 3.05) is 12.4 Å². The number of hydrogen-bond donors (Lipinski definition) is 2. The van der Waals surface area contributed by atoms with Gasteiger partial charge in [-0.2, -0.15) is 13.2 Å². The van der Waals surface area contributed by atoms with Gasteiger partial charge in [0, 0.05) is 18.5 Å². The van der Waals surface area contributed by atoms with E-state index in [2.05, 4.69) is 10.7 Å². The van der Waals surface area contributed by atoms with Crippen molar-refractivity contribution >= 4 is 35.0 Å². The van der Waals surface area contributed by atoms with Crippen LogP contribution < -0.4 is 10.7 Å². The topological polar surface area (TPSA) is 78.5 Å². The van der Waals surface area contributed by atoms with E-state index in [1.807, 2.05) is 0 Å². The Labute approximate surface area is 133 Å². The SMILES string of the molecule is CN1NC(=O)C(CC(=O)Nc2ccc(Cl)cc2C(F)(F)F)C1=O. The van der Waals surface area contributed by atoms with Gasteiger partial charge in [-0.25, -0.2) is 0 Å². The molecule has 23 heavy (non-hydrogen) atoms. The summed E-state index contributed by atoms with van der Waals surface area (Å²) in [5.41, 5.74) is 0.589. The summed E-state index contributed by atoms with van der Waals surface area (Å²) in [6, 6.07) is 2.87. The van der Waals surface area contributed by atoms with Gasteiger partial charge in [-0.15, -0.1) is 0 Å². The molecule has 10 heteroatoms. The van der Waals surface area contributed by atoms with Crippen LogP contribution in [0.1, 0.15) is 12.0 Å². The summed E-state index contributed by atoms with van der Waals surface area (Å²) >= 11 is 5.54. The summed E-state index contributed by atoms with van der Waals surface area (Å²) in [5.74, 6) is -3.46. The molecule has 2 N–H and O–H groups in total. The molecule has 1 fully saturated rings. The van der Waals surface area contributed by atoms with Gasteiger partial charge in [0.15, 0.2) is 0 Å². The van der Waals surface area contributed by atoms with Crippen LogP contribution in [0, 0.1) is 5.92 Å². The minimum Gasteiger partial charge on any atom is -0.325 e. The molecule has 1 aliphatic rings. The van der Waals surface area contributed by atoms with Crippen LogP contribution in [0.4, 0.5) is 18.9 Å². The summed E-state index contributed by atoms with van der Waals surface area (Å²) in [4.78, 5) is 35.0.